The van der Waals surface area contributed by atoms with E-state index in [1.165, 1.54) is 12.1 Å². The average molecular weight is 613 g/mol. The molecular formula is C27H40N4O8S2. The lowest BCUT2D eigenvalue weighted by molar-refractivity contribution is -0.141. The van der Waals surface area contributed by atoms with Gasteiger partial charge in [0, 0.05) is 13.1 Å². The first-order valence-electron chi connectivity index (χ1n) is 12.8. The smallest absolute Gasteiger partial charge is 0.294 e. The lowest BCUT2D eigenvalue weighted by Gasteiger charge is -2.28. The molecule has 2 atom stereocenters. The second-order valence-electron chi connectivity index (χ2n) is 9.76. The van der Waals surface area contributed by atoms with Crippen LogP contribution in [0.2, 0.25) is 0 Å². The number of rotatable bonds is 13. The second-order valence-corrected chi connectivity index (χ2v) is 13.1. The largest absolute Gasteiger partial charge is 0.329 e. The van der Waals surface area contributed by atoms with E-state index in [9.17, 15) is 31.6 Å². The molecule has 12 nitrogen and oxygen atoms in total. The molecule has 14 heteroatoms. The Labute approximate surface area is 242 Å². The van der Waals surface area contributed by atoms with Crippen molar-refractivity contribution in [3.05, 3.63) is 71.8 Å². The average Bonchev–Trinajstić information content (AvgIpc) is 2.89. The maximum atomic E-state index is 13.0. The molecule has 0 unspecified atom stereocenters. The topological polar surface area (TPSA) is 196 Å². The van der Waals surface area contributed by atoms with Crippen molar-refractivity contribution in [2.24, 2.45) is 23.5 Å². The van der Waals surface area contributed by atoms with Gasteiger partial charge in [-0.2, -0.15) is 8.42 Å². The van der Waals surface area contributed by atoms with E-state index in [0.29, 0.717) is 6.42 Å². The monoisotopic (exact) mass is 612 g/mol. The number of nitrogens with one attached hydrogen (secondary N) is 2. The summed E-state index contributed by atoms with van der Waals surface area (Å²) in [5.74, 6) is -3.03. The molecule has 0 aromatic heterocycles. The zero-order valence-corrected chi connectivity index (χ0v) is 25.2. The number of aryl methyl sites for hydroxylation is 1. The van der Waals surface area contributed by atoms with Crippen molar-refractivity contribution in [2.75, 3.05) is 19.3 Å². The molecule has 0 fully saturated rings. The SMILES string of the molecule is CC(C)C[C@@H](C(=O)NN(CCN)S(C)(=O)=O)[C@H](C/C=C/c1ccccc1)C(=O)NO.Cc1ccc(S(=O)(=O)O)cc1. The minimum absolute atomic E-state index is 0.0164. The summed E-state index contributed by atoms with van der Waals surface area (Å²) in [6.07, 6.45) is 5.04. The molecule has 0 aliphatic heterocycles. The summed E-state index contributed by atoms with van der Waals surface area (Å²) in [6.45, 7) is 5.55. The molecule has 0 heterocycles. The molecule has 228 valence electrons. The third-order valence-electron chi connectivity index (χ3n) is 5.78. The van der Waals surface area contributed by atoms with Crippen LogP contribution >= 0.6 is 0 Å². The van der Waals surface area contributed by atoms with E-state index in [0.717, 1.165) is 21.8 Å². The molecule has 0 bridgehead atoms. The van der Waals surface area contributed by atoms with Crippen molar-refractivity contribution in [3.63, 3.8) is 0 Å². The van der Waals surface area contributed by atoms with Crippen LogP contribution in [0.4, 0.5) is 0 Å². The maximum Gasteiger partial charge on any atom is 0.294 e. The molecule has 2 rings (SSSR count). The Morgan fingerprint density at radius 1 is 0.976 bits per heavy atom. The van der Waals surface area contributed by atoms with Gasteiger partial charge in [-0.25, -0.2) is 13.9 Å². The summed E-state index contributed by atoms with van der Waals surface area (Å²) < 4.78 is 54.2. The first-order chi connectivity index (χ1) is 19.1. The predicted molar refractivity (Wildman–Crippen MR) is 156 cm³/mol. The van der Waals surface area contributed by atoms with Crippen molar-refractivity contribution in [1.82, 2.24) is 15.3 Å². The summed E-state index contributed by atoms with van der Waals surface area (Å²) in [5.41, 5.74) is 11.3. The van der Waals surface area contributed by atoms with Crippen LogP contribution in [-0.4, -0.2) is 62.2 Å². The summed E-state index contributed by atoms with van der Waals surface area (Å²) in [5, 5.41) is 9.20. The minimum atomic E-state index is -4.02. The molecular weight excluding hydrogens is 572 g/mol. The van der Waals surface area contributed by atoms with E-state index in [-0.39, 0.29) is 30.3 Å². The van der Waals surface area contributed by atoms with E-state index >= 15 is 0 Å². The Bertz CT molecular complexity index is 1350. The van der Waals surface area contributed by atoms with Crippen LogP contribution in [0, 0.1) is 24.7 Å². The van der Waals surface area contributed by atoms with Crippen molar-refractivity contribution in [3.8, 4) is 0 Å². The highest BCUT2D eigenvalue weighted by Gasteiger charge is 2.35. The van der Waals surface area contributed by atoms with Gasteiger partial charge in [0.25, 0.3) is 10.1 Å². The highest BCUT2D eigenvalue weighted by Crippen LogP contribution is 2.25. The van der Waals surface area contributed by atoms with Crippen molar-refractivity contribution in [1.29, 1.82) is 0 Å². The summed E-state index contributed by atoms with van der Waals surface area (Å²) in [4.78, 5) is 25.3. The highest BCUT2D eigenvalue weighted by atomic mass is 32.2. The molecule has 2 aromatic rings. The van der Waals surface area contributed by atoms with Crippen LogP contribution < -0.4 is 16.6 Å². The van der Waals surface area contributed by atoms with Crippen LogP contribution in [0.3, 0.4) is 0 Å². The third-order valence-corrected chi connectivity index (χ3v) is 7.72. The van der Waals surface area contributed by atoms with Gasteiger partial charge in [-0.3, -0.25) is 24.8 Å². The number of benzene rings is 2. The van der Waals surface area contributed by atoms with E-state index in [1.807, 2.05) is 57.2 Å². The Kier molecular flexibility index (Phi) is 14.8. The van der Waals surface area contributed by atoms with Crippen LogP contribution in [0.15, 0.2) is 65.6 Å². The second kappa shape index (κ2) is 17.0. The molecule has 0 spiro atoms. The molecule has 6 N–H and O–H groups in total. The number of hydrogen-bond acceptors (Lipinski definition) is 8. The third kappa shape index (κ3) is 13.4. The number of amides is 2. The van der Waals surface area contributed by atoms with E-state index in [2.05, 4.69) is 5.43 Å². The fraction of sp³-hybridized carbons (Fsp3) is 0.407. The number of hydroxylamine groups is 1. The Morgan fingerprint density at radius 2 is 1.56 bits per heavy atom. The van der Waals surface area contributed by atoms with E-state index in [1.54, 1.807) is 23.7 Å². The quantitative estimate of drug-likeness (QED) is 0.128. The number of hydrazine groups is 1. The molecule has 41 heavy (non-hydrogen) atoms. The van der Waals surface area contributed by atoms with Crippen LogP contribution in [0.5, 0.6) is 0 Å². The van der Waals surface area contributed by atoms with Gasteiger partial charge in [-0.1, -0.05) is 74.0 Å². The number of carbonyl (C=O) groups excluding carboxylic acids is 2. The van der Waals surface area contributed by atoms with Gasteiger partial charge in [0.1, 0.15) is 0 Å². The minimum Gasteiger partial charge on any atom is -0.329 e. The maximum absolute atomic E-state index is 13.0. The van der Waals surface area contributed by atoms with Crippen LogP contribution in [0.1, 0.15) is 37.8 Å². The molecule has 0 radical (unpaired) electrons. The highest BCUT2D eigenvalue weighted by molar-refractivity contribution is 7.88. The number of carbonyl (C=O) groups is 2. The predicted octanol–water partition coefficient (Wildman–Crippen LogP) is 2.37. The molecule has 2 aromatic carbocycles. The number of hydrogen-bond donors (Lipinski definition) is 5. The van der Waals surface area contributed by atoms with Crippen LogP contribution in [-0.2, 0) is 29.7 Å². The first-order valence-corrected chi connectivity index (χ1v) is 16.1. The molecule has 0 aliphatic rings. The van der Waals surface area contributed by atoms with E-state index < -0.39 is 43.8 Å². The Balaban J connectivity index is 0.000000634. The van der Waals surface area contributed by atoms with Crippen molar-refractivity contribution in [2.45, 2.75) is 38.5 Å². The van der Waals surface area contributed by atoms with Crippen LogP contribution in [0.25, 0.3) is 6.08 Å². The van der Waals surface area contributed by atoms with Gasteiger partial charge in [-0.05, 0) is 43.4 Å². The summed E-state index contributed by atoms with van der Waals surface area (Å²) in [6, 6.07) is 15.4. The Hall–Kier alpha value is -3.14. The lowest BCUT2D eigenvalue weighted by Crippen LogP contribution is -2.52. The fourth-order valence-corrected chi connectivity index (χ4v) is 4.92. The standard InChI is InChI=1S/C20H32N4O5S.C7H8O3S/c1-15(2)14-18(19(25)22-24(13-12-21)30(3,28)29)17(20(26)23-27)11-7-10-16-8-5-4-6-9-16;1-6-2-4-7(5-3-6)11(8,9)10/h4-10,15,17-18,27H,11-14,21H2,1-3H3,(H,22,25)(H,23,26);2-5H,1H3,(H,8,9,10)/b10-7+;/t17-,18+;/m0./s1. The molecule has 0 saturated carbocycles. The zero-order valence-electron chi connectivity index (χ0n) is 23.6. The van der Waals surface area contributed by atoms with Gasteiger partial charge in [0.05, 0.1) is 23.0 Å². The van der Waals surface area contributed by atoms with Crippen molar-refractivity contribution >= 4 is 38.0 Å². The number of nitrogens with zero attached hydrogens (tertiary/aromatic N) is 1. The van der Waals surface area contributed by atoms with E-state index in [4.69, 9.17) is 10.3 Å². The molecule has 2 amide bonds. The van der Waals surface area contributed by atoms with Gasteiger partial charge >= 0.3 is 0 Å². The number of allylic oxidation sites excluding steroid dienone is 1. The van der Waals surface area contributed by atoms with Gasteiger partial charge in [-0.15, -0.1) is 4.41 Å². The fourth-order valence-electron chi connectivity index (χ4n) is 3.75. The zero-order chi connectivity index (χ0) is 31.2. The Morgan fingerprint density at radius 3 is 2.02 bits per heavy atom. The van der Waals surface area contributed by atoms with Gasteiger partial charge in [0.15, 0.2) is 0 Å². The summed E-state index contributed by atoms with van der Waals surface area (Å²) >= 11 is 0. The molecule has 0 aliphatic carbocycles. The number of sulfonamides is 1. The summed E-state index contributed by atoms with van der Waals surface area (Å²) in [7, 11) is -7.75. The normalized spacial score (nSPS) is 13.4. The number of nitrogens with two attached hydrogens (primary N) is 1. The van der Waals surface area contributed by atoms with Gasteiger partial charge < -0.3 is 5.73 Å². The van der Waals surface area contributed by atoms with Gasteiger partial charge in [0.2, 0.25) is 21.8 Å². The molecule has 0 saturated heterocycles. The first kappa shape index (κ1) is 35.9. The lowest BCUT2D eigenvalue weighted by atomic mass is 9.82. The van der Waals surface area contributed by atoms with Crippen molar-refractivity contribution < 1.29 is 36.2 Å².